The van der Waals surface area contributed by atoms with Crippen molar-refractivity contribution in [2.45, 2.75) is 0 Å². The maximum Gasteiger partial charge on any atom is 0.261 e. The van der Waals surface area contributed by atoms with E-state index in [-0.39, 0.29) is 11.5 Å². The monoisotopic (exact) mass is 162 g/mol. The van der Waals surface area contributed by atoms with Crippen LogP contribution in [-0.4, -0.2) is 15.0 Å². The molecule has 60 valence electrons. The normalized spacial score (nSPS) is 10.3. The van der Waals surface area contributed by atoms with E-state index in [2.05, 4.69) is 15.0 Å². The lowest BCUT2D eigenvalue weighted by Gasteiger charge is -1.94. The van der Waals surface area contributed by atoms with Gasteiger partial charge in [-0.3, -0.25) is 9.78 Å². The highest BCUT2D eigenvalue weighted by atomic mass is 16.1. The van der Waals surface area contributed by atoms with Gasteiger partial charge in [-0.1, -0.05) is 0 Å². The fourth-order valence-electron chi connectivity index (χ4n) is 0.989. The Labute approximate surface area is 67.3 Å². The van der Waals surface area contributed by atoms with Crippen LogP contribution in [0, 0.1) is 0 Å². The van der Waals surface area contributed by atoms with Gasteiger partial charge >= 0.3 is 0 Å². The first-order valence-corrected chi connectivity index (χ1v) is 3.38. The number of nitrogens with zero attached hydrogens (tertiary/aromatic N) is 2. The summed E-state index contributed by atoms with van der Waals surface area (Å²) in [5, 5.41) is 0.451. The van der Waals surface area contributed by atoms with Crippen LogP contribution in [0.3, 0.4) is 0 Å². The van der Waals surface area contributed by atoms with Crippen molar-refractivity contribution in [3.05, 3.63) is 28.7 Å². The number of rotatable bonds is 0. The topological polar surface area (TPSA) is 84.7 Å². The number of anilines is 1. The number of nitrogen functional groups attached to an aromatic ring is 1. The van der Waals surface area contributed by atoms with Gasteiger partial charge in [0.25, 0.3) is 5.56 Å². The van der Waals surface area contributed by atoms with Gasteiger partial charge in [-0.05, 0) is 12.1 Å². The molecule has 12 heavy (non-hydrogen) atoms. The second-order valence-electron chi connectivity index (χ2n) is 2.33. The van der Waals surface area contributed by atoms with Gasteiger partial charge in [0.05, 0.1) is 5.39 Å². The number of aromatic nitrogens is 3. The fraction of sp³-hybridized carbons (Fsp3) is 0. The third-order valence-corrected chi connectivity index (χ3v) is 1.50. The van der Waals surface area contributed by atoms with Gasteiger partial charge in [-0.15, -0.1) is 0 Å². The van der Waals surface area contributed by atoms with Crippen LogP contribution in [0.2, 0.25) is 0 Å². The van der Waals surface area contributed by atoms with E-state index in [4.69, 9.17) is 5.73 Å². The summed E-state index contributed by atoms with van der Waals surface area (Å²) in [7, 11) is 0. The van der Waals surface area contributed by atoms with E-state index < -0.39 is 0 Å². The molecular weight excluding hydrogens is 156 g/mol. The molecule has 2 aromatic heterocycles. The Hall–Kier alpha value is -1.91. The molecule has 0 aliphatic rings. The van der Waals surface area contributed by atoms with Gasteiger partial charge in [0.2, 0.25) is 5.95 Å². The van der Waals surface area contributed by atoms with Crippen molar-refractivity contribution in [2.24, 2.45) is 0 Å². The summed E-state index contributed by atoms with van der Waals surface area (Å²) in [5.41, 5.74) is 5.43. The molecule has 5 heteroatoms. The van der Waals surface area contributed by atoms with E-state index in [0.29, 0.717) is 11.0 Å². The van der Waals surface area contributed by atoms with Crippen molar-refractivity contribution in [2.75, 3.05) is 5.73 Å². The highest BCUT2D eigenvalue weighted by Crippen LogP contribution is 2.01. The lowest BCUT2D eigenvalue weighted by molar-refractivity contribution is 1.16. The van der Waals surface area contributed by atoms with Gasteiger partial charge in [-0.2, -0.15) is 4.98 Å². The van der Waals surface area contributed by atoms with Gasteiger partial charge in [0.15, 0.2) is 5.65 Å². The molecule has 0 spiro atoms. The molecule has 0 radical (unpaired) electrons. The first-order chi connectivity index (χ1) is 5.77. The Morgan fingerprint density at radius 2 is 2.33 bits per heavy atom. The SMILES string of the molecule is Nc1nc2ncccc2c(=O)[nH]1. The molecule has 0 atom stereocenters. The van der Waals surface area contributed by atoms with Crippen LogP contribution in [0.15, 0.2) is 23.1 Å². The van der Waals surface area contributed by atoms with Crippen LogP contribution in [-0.2, 0) is 0 Å². The standard InChI is InChI=1S/C7H6N4O/c8-7-10-5-4(6(12)11-7)2-1-3-9-5/h1-3H,(H3,8,9,10,11,12). The molecule has 0 aliphatic heterocycles. The highest BCUT2D eigenvalue weighted by Gasteiger charge is 1.99. The Balaban J connectivity index is 2.99. The number of hydrogen-bond donors (Lipinski definition) is 2. The molecule has 0 bridgehead atoms. The van der Waals surface area contributed by atoms with Gasteiger partial charge in [0.1, 0.15) is 0 Å². The average molecular weight is 162 g/mol. The predicted molar refractivity (Wildman–Crippen MR) is 44.6 cm³/mol. The van der Waals surface area contributed by atoms with Crippen LogP contribution in [0.4, 0.5) is 5.95 Å². The quantitative estimate of drug-likeness (QED) is 0.566. The van der Waals surface area contributed by atoms with Crippen molar-refractivity contribution in [1.82, 2.24) is 15.0 Å². The molecule has 2 rings (SSSR count). The largest absolute Gasteiger partial charge is 0.369 e. The van der Waals surface area contributed by atoms with Crippen LogP contribution >= 0.6 is 0 Å². The predicted octanol–water partition coefficient (Wildman–Crippen LogP) is -0.0997. The summed E-state index contributed by atoms with van der Waals surface area (Å²) in [5.74, 6) is 0.0891. The van der Waals surface area contributed by atoms with Crippen molar-refractivity contribution >= 4 is 17.0 Å². The molecule has 0 unspecified atom stereocenters. The molecule has 0 aromatic carbocycles. The molecule has 0 saturated carbocycles. The van der Waals surface area contributed by atoms with Crippen molar-refractivity contribution in [3.63, 3.8) is 0 Å². The summed E-state index contributed by atoms with van der Waals surface area (Å²) in [4.78, 5) is 21.3. The van der Waals surface area contributed by atoms with Crippen LogP contribution in [0.25, 0.3) is 11.0 Å². The highest BCUT2D eigenvalue weighted by molar-refractivity contribution is 5.73. The Bertz CT molecular complexity index is 476. The second kappa shape index (κ2) is 2.30. The molecule has 2 aromatic rings. The molecule has 3 N–H and O–H groups in total. The van der Waals surface area contributed by atoms with Crippen molar-refractivity contribution in [1.29, 1.82) is 0 Å². The maximum absolute atomic E-state index is 11.2. The van der Waals surface area contributed by atoms with E-state index in [1.165, 1.54) is 0 Å². The van der Waals surface area contributed by atoms with E-state index in [9.17, 15) is 4.79 Å². The average Bonchev–Trinajstić information content (AvgIpc) is 2.04. The maximum atomic E-state index is 11.2. The zero-order valence-corrected chi connectivity index (χ0v) is 6.11. The first-order valence-electron chi connectivity index (χ1n) is 3.38. The Morgan fingerprint density at radius 3 is 3.17 bits per heavy atom. The number of hydrogen-bond acceptors (Lipinski definition) is 4. The number of nitrogens with two attached hydrogens (primary N) is 1. The molecular formula is C7H6N4O. The number of H-pyrrole nitrogens is 1. The van der Waals surface area contributed by atoms with E-state index in [1.54, 1.807) is 18.3 Å². The molecule has 2 heterocycles. The van der Waals surface area contributed by atoms with Crippen molar-refractivity contribution < 1.29 is 0 Å². The van der Waals surface area contributed by atoms with E-state index >= 15 is 0 Å². The molecule has 0 aliphatic carbocycles. The molecule has 5 nitrogen and oxygen atoms in total. The van der Waals surface area contributed by atoms with Gasteiger partial charge < -0.3 is 5.73 Å². The number of fused-ring (bicyclic) bond motifs is 1. The van der Waals surface area contributed by atoms with E-state index in [0.717, 1.165) is 0 Å². The Kier molecular flexibility index (Phi) is 1.30. The summed E-state index contributed by atoms with van der Waals surface area (Å²) >= 11 is 0. The zero-order chi connectivity index (χ0) is 8.55. The molecule has 0 saturated heterocycles. The van der Waals surface area contributed by atoms with Crippen LogP contribution in [0.1, 0.15) is 0 Å². The summed E-state index contributed by atoms with van der Waals surface area (Å²) in [6, 6.07) is 3.32. The fourth-order valence-corrected chi connectivity index (χ4v) is 0.989. The number of aromatic amines is 1. The number of pyridine rings is 1. The van der Waals surface area contributed by atoms with Crippen LogP contribution in [0.5, 0.6) is 0 Å². The first kappa shape index (κ1) is 6.78. The smallest absolute Gasteiger partial charge is 0.261 e. The summed E-state index contributed by atoms with van der Waals surface area (Å²) in [6.07, 6.45) is 1.56. The number of nitrogens with one attached hydrogen (secondary N) is 1. The third-order valence-electron chi connectivity index (χ3n) is 1.50. The van der Waals surface area contributed by atoms with Crippen molar-refractivity contribution in [3.8, 4) is 0 Å². The molecule has 0 fully saturated rings. The minimum atomic E-state index is -0.259. The molecule has 0 amide bonds. The summed E-state index contributed by atoms with van der Waals surface area (Å²) < 4.78 is 0. The summed E-state index contributed by atoms with van der Waals surface area (Å²) in [6.45, 7) is 0. The van der Waals surface area contributed by atoms with Gasteiger partial charge in [-0.25, -0.2) is 4.98 Å². The lowest BCUT2D eigenvalue weighted by atomic mass is 10.3. The van der Waals surface area contributed by atoms with Gasteiger partial charge in [0, 0.05) is 6.20 Å². The van der Waals surface area contributed by atoms with Crippen LogP contribution < -0.4 is 11.3 Å². The zero-order valence-electron chi connectivity index (χ0n) is 6.11. The third kappa shape index (κ3) is 0.914. The Morgan fingerprint density at radius 1 is 1.50 bits per heavy atom. The second-order valence-corrected chi connectivity index (χ2v) is 2.33. The van der Waals surface area contributed by atoms with E-state index in [1.807, 2.05) is 0 Å². The lowest BCUT2D eigenvalue weighted by Crippen LogP contribution is -2.11. The minimum Gasteiger partial charge on any atom is -0.369 e. The minimum absolute atomic E-state index is 0.0891.